The predicted octanol–water partition coefficient (Wildman–Crippen LogP) is 7.15. The Kier molecular flexibility index (Phi) is 8.78. The van der Waals surface area contributed by atoms with Gasteiger partial charge in [-0.2, -0.15) is 5.26 Å². The van der Waals surface area contributed by atoms with Crippen molar-refractivity contribution in [3.63, 3.8) is 0 Å². The molecule has 3 aromatic carbocycles. The monoisotopic (exact) mass is 636 g/mol. The predicted molar refractivity (Wildman–Crippen MR) is 143 cm³/mol. The molecule has 0 atom stereocenters. The summed E-state index contributed by atoms with van der Waals surface area (Å²) in [7, 11) is 1.53. The van der Waals surface area contributed by atoms with Crippen molar-refractivity contribution in [3.05, 3.63) is 89.9 Å². The molecule has 8 heteroatoms. The van der Waals surface area contributed by atoms with E-state index in [4.69, 9.17) is 21.1 Å². The van der Waals surface area contributed by atoms with Gasteiger partial charge in [0.2, 0.25) is 0 Å². The fourth-order valence-electron chi connectivity index (χ4n) is 2.88. The third-order valence-electron chi connectivity index (χ3n) is 4.65. The van der Waals surface area contributed by atoms with Crippen molar-refractivity contribution in [2.45, 2.75) is 13.5 Å². The Labute approximate surface area is 219 Å². The van der Waals surface area contributed by atoms with E-state index >= 15 is 0 Å². The number of anilines is 1. The standard InChI is InChI=1S/C25H19BrClIN2O3/c1-15-3-8-20(12-22(15)27)30-25(31)18(13-29)9-17-10-21(26)24(23(11-17)32-2)33-14-16-4-6-19(28)7-5-16/h3-12H,14H2,1-2H3,(H,30,31)/b18-9-. The van der Waals surface area contributed by atoms with E-state index in [1.165, 1.54) is 13.2 Å². The molecule has 0 spiro atoms. The van der Waals surface area contributed by atoms with Gasteiger partial charge in [-0.1, -0.05) is 29.8 Å². The Morgan fingerprint density at radius 1 is 1.21 bits per heavy atom. The zero-order valence-corrected chi connectivity index (χ0v) is 22.3. The number of amides is 1. The number of halogens is 3. The maximum absolute atomic E-state index is 12.6. The largest absolute Gasteiger partial charge is 0.493 e. The number of nitrogens with zero attached hydrogens (tertiary/aromatic N) is 1. The zero-order valence-electron chi connectivity index (χ0n) is 17.8. The van der Waals surface area contributed by atoms with Gasteiger partial charge in [-0.25, -0.2) is 0 Å². The fraction of sp³-hybridized carbons (Fsp3) is 0.120. The average molecular weight is 638 g/mol. The number of hydrogen-bond acceptors (Lipinski definition) is 4. The van der Waals surface area contributed by atoms with E-state index in [1.54, 1.807) is 30.3 Å². The van der Waals surface area contributed by atoms with E-state index in [0.29, 0.717) is 38.9 Å². The van der Waals surface area contributed by atoms with Crippen molar-refractivity contribution < 1.29 is 14.3 Å². The van der Waals surface area contributed by atoms with Gasteiger partial charge in [0.05, 0.1) is 11.6 Å². The van der Waals surface area contributed by atoms with Gasteiger partial charge in [0.1, 0.15) is 18.2 Å². The Bertz CT molecular complexity index is 1250. The van der Waals surface area contributed by atoms with Crippen LogP contribution in [-0.2, 0) is 11.4 Å². The lowest BCUT2D eigenvalue weighted by Gasteiger charge is -2.14. The summed E-state index contributed by atoms with van der Waals surface area (Å²) in [5.41, 5.74) is 2.97. The van der Waals surface area contributed by atoms with Crippen molar-refractivity contribution in [2.75, 3.05) is 12.4 Å². The summed E-state index contributed by atoms with van der Waals surface area (Å²) in [5, 5.41) is 12.8. The van der Waals surface area contributed by atoms with Crippen LogP contribution < -0.4 is 14.8 Å². The van der Waals surface area contributed by atoms with Gasteiger partial charge in [-0.05, 0) is 105 Å². The summed E-state index contributed by atoms with van der Waals surface area (Å²) < 4.78 is 13.2. The molecule has 0 fully saturated rings. The quantitative estimate of drug-likeness (QED) is 0.170. The molecular weight excluding hydrogens is 619 g/mol. The van der Waals surface area contributed by atoms with Gasteiger partial charge in [-0.3, -0.25) is 4.79 Å². The van der Waals surface area contributed by atoms with Crippen molar-refractivity contribution in [1.29, 1.82) is 5.26 Å². The minimum absolute atomic E-state index is 0.0618. The maximum Gasteiger partial charge on any atom is 0.266 e. The lowest BCUT2D eigenvalue weighted by Crippen LogP contribution is -2.13. The highest BCUT2D eigenvalue weighted by Crippen LogP contribution is 2.38. The van der Waals surface area contributed by atoms with E-state index in [-0.39, 0.29) is 5.57 Å². The molecule has 0 bridgehead atoms. The number of carbonyl (C=O) groups is 1. The number of rotatable bonds is 7. The number of hydrogen-bond donors (Lipinski definition) is 1. The first kappa shape index (κ1) is 25.1. The molecule has 1 N–H and O–H groups in total. The van der Waals surface area contributed by atoms with Crippen molar-refractivity contribution in [3.8, 4) is 17.6 Å². The number of benzene rings is 3. The second kappa shape index (κ2) is 11.5. The molecule has 0 aliphatic rings. The molecule has 33 heavy (non-hydrogen) atoms. The Morgan fingerprint density at radius 3 is 2.58 bits per heavy atom. The van der Waals surface area contributed by atoms with Crippen LogP contribution in [0.25, 0.3) is 6.08 Å². The number of nitriles is 1. The smallest absolute Gasteiger partial charge is 0.266 e. The third kappa shape index (κ3) is 6.73. The molecule has 1 amide bonds. The molecule has 0 aliphatic carbocycles. The van der Waals surface area contributed by atoms with Crippen molar-refractivity contribution in [2.24, 2.45) is 0 Å². The van der Waals surface area contributed by atoms with Crippen LogP contribution in [0.1, 0.15) is 16.7 Å². The molecule has 0 radical (unpaired) electrons. The lowest BCUT2D eigenvalue weighted by molar-refractivity contribution is -0.112. The van der Waals surface area contributed by atoms with Crippen LogP contribution in [0, 0.1) is 21.8 Å². The van der Waals surface area contributed by atoms with Crippen LogP contribution >= 0.6 is 50.1 Å². The van der Waals surface area contributed by atoms with Crippen LogP contribution in [0.15, 0.2) is 64.6 Å². The van der Waals surface area contributed by atoms with Gasteiger partial charge in [0, 0.05) is 14.3 Å². The topological polar surface area (TPSA) is 71.3 Å². The highest BCUT2D eigenvalue weighted by atomic mass is 127. The number of nitrogens with one attached hydrogen (secondary N) is 1. The van der Waals surface area contributed by atoms with Gasteiger partial charge < -0.3 is 14.8 Å². The number of aryl methyl sites for hydroxylation is 1. The summed E-state index contributed by atoms with van der Waals surface area (Å²) in [6.07, 6.45) is 1.49. The number of ether oxygens (including phenoxy) is 2. The van der Waals surface area contributed by atoms with Crippen LogP contribution in [0.4, 0.5) is 5.69 Å². The second-order valence-electron chi connectivity index (χ2n) is 7.04. The normalized spacial score (nSPS) is 11.0. The molecule has 0 heterocycles. The van der Waals surface area contributed by atoms with E-state index in [2.05, 4.69) is 43.8 Å². The molecule has 0 unspecified atom stereocenters. The summed E-state index contributed by atoms with van der Waals surface area (Å²) in [6.45, 7) is 2.24. The van der Waals surface area contributed by atoms with E-state index in [9.17, 15) is 10.1 Å². The summed E-state index contributed by atoms with van der Waals surface area (Å²) >= 11 is 11.9. The first-order valence-electron chi connectivity index (χ1n) is 9.74. The van der Waals surface area contributed by atoms with Gasteiger partial charge >= 0.3 is 0 Å². The molecule has 0 aromatic heterocycles. The van der Waals surface area contributed by atoms with Crippen molar-refractivity contribution >= 4 is 67.8 Å². The molecule has 3 rings (SSSR count). The van der Waals surface area contributed by atoms with E-state index in [1.807, 2.05) is 37.3 Å². The Balaban J connectivity index is 1.81. The van der Waals surface area contributed by atoms with Gasteiger partial charge in [0.25, 0.3) is 5.91 Å². The van der Waals surface area contributed by atoms with Crippen LogP contribution in [0.5, 0.6) is 11.5 Å². The van der Waals surface area contributed by atoms with Crippen LogP contribution in [0.3, 0.4) is 0 Å². The number of carbonyl (C=O) groups excluding carboxylic acids is 1. The lowest BCUT2D eigenvalue weighted by atomic mass is 10.1. The average Bonchev–Trinajstić information content (AvgIpc) is 2.79. The van der Waals surface area contributed by atoms with Gasteiger partial charge in [0.15, 0.2) is 11.5 Å². The molecule has 5 nitrogen and oxygen atoms in total. The molecule has 0 aliphatic heterocycles. The Morgan fingerprint density at radius 2 is 1.94 bits per heavy atom. The third-order valence-corrected chi connectivity index (χ3v) is 6.37. The zero-order chi connectivity index (χ0) is 24.0. The Hall–Kier alpha value is -2.54. The second-order valence-corrected chi connectivity index (χ2v) is 9.54. The minimum Gasteiger partial charge on any atom is -0.493 e. The van der Waals surface area contributed by atoms with Crippen LogP contribution in [-0.4, -0.2) is 13.0 Å². The molecule has 3 aromatic rings. The van der Waals surface area contributed by atoms with E-state index in [0.717, 1.165) is 14.7 Å². The SMILES string of the molecule is COc1cc(/C=C(/C#N)C(=O)Nc2ccc(C)c(Cl)c2)cc(Br)c1OCc1ccc(I)cc1. The van der Waals surface area contributed by atoms with E-state index < -0.39 is 5.91 Å². The number of methoxy groups -OCH3 is 1. The first-order chi connectivity index (χ1) is 15.8. The van der Waals surface area contributed by atoms with Crippen molar-refractivity contribution in [1.82, 2.24) is 0 Å². The van der Waals surface area contributed by atoms with Crippen LogP contribution in [0.2, 0.25) is 5.02 Å². The fourth-order valence-corrected chi connectivity index (χ4v) is 4.00. The minimum atomic E-state index is -0.536. The summed E-state index contributed by atoms with van der Waals surface area (Å²) in [5.74, 6) is 0.473. The highest BCUT2D eigenvalue weighted by Gasteiger charge is 2.15. The maximum atomic E-state index is 12.6. The van der Waals surface area contributed by atoms with Gasteiger partial charge in [-0.15, -0.1) is 0 Å². The molecular formula is C25H19BrClIN2O3. The molecule has 168 valence electrons. The summed E-state index contributed by atoms with van der Waals surface area (Å²) in [4.78, 5) is 12.6. The molecule has 0 saturated heterocycles. The summed E-state index contributed by atoms with van der Waals surface area (Å²) in [6, 6.07) is 18.6. The first-order valence-corrected chi connectivity index (χ1v) is 12.0. The molecule has 0 saturated carbocycles. The highest BCUT2D eigenvalue weighted by molar-refractivity contribution is 14.1.